The van der Waals surface area contributed by atoms with Crippen LogP contribution in [0.4, 0.5) is 24.5 Å². The number of halogens is 4. The highest BCUT2D eigenvalue weighted by atomic mass is 35.5. The molecule has 2 N–H and O–H groups in total. The topological polar surface area (TPSA) is 134 Å². The van der Waals surface area contributed by atoms with Gasteiger partial charge in [0.1, 0.15) is 4.90 Å². The lowest BCUT2D eigenvalue weighted by atomic mass is 9.84. The van der Waals surface area contributed by atoms with Gasteiger partial charge in [-0.05, 0) is 127 Å². The molecule has 0 unspecified atom stereocenters. The van der Waals surface area contributed by atoms with Crippen LogP contribution in [0.5, 0.6) is 0 Å². The number of hydrogen-bond acceptors (Lipinski definition) is 11. The number of sulfonamides is 1. The first-order valence-corrected chi connectivity index (χ1v) is 30.9. The number of carbonyl (C=O) groups is 1. The number of benzene rings is 5. The summed E-state index contributed by atoms with van der Waals surface area (Å²) < 4.78 is 111. The first-order chi connectivity index (χ1) is 33.5. The molecule has 5 aromatic carbocycles. The molecule has 2 heterocycles. The van der Waals surface area contributed by atoms with Gasteiger partial charge in [0.2, 0.25) is 0 Å². The number of nitrogens with one attached hydrogen (secondary N) is 2. The summed E-state index contributed by atoms with van der Waals surface area (Å²) in [6.45, 7) is 15.6. The average molecular weight is 1070 g/mol. The number of sulfone groups is 1. The minimum atomic E-state index is -6.07. The largest absolute Gasteiger partial charge is 0.501 e. The van der Waals surface area contributed by atoms with Crippen molar-refractivity contribution in [1.29, 1.82) is 0 Å². The number of piperidine rings is 1. The molecule has 0 spiro atoms. The number of rotatable bonds is 18. The number of amides is 1. The Morgan fingerprint density at radius 1 is 0.845 bits per heavy atom. The van der Waals surface area contributed by atoms with Crippen molar-refractivity contribution < 1.29 is 44.0 Å². The monoisotopic (exact) mass is 1070 g/mol. The van der Waals surface area contributed by atoms with Crippen LogP contribution in [0.1, 0.15) is 62.1 Å². The van der Waals surface area contributed by atoms with E-state index in [-0.39, 0.29) is 22.6 Å². The van der Waals surface area contributed by atoms with Gasteiger partial charge in [-0.1, -0.05) is 87.0 Å². The van der Waals surface area contributed by atoms with Crippen LogP contribution in [-0.2, 0) is 29.0 Å². The second kappa shape index (κ2) is 22.8. The van der Waals surface area contributed by atoms with Gasteiger partial charge < -0.3 is 19.4 Å². The zero-order chi connectivity index (χ0) is 51.2. The highest BCUT2D eigenvalue weighted by Gasteiger charge is 2.49. The fraction of sp³-hybridized carbons (Fsp3) is 0.404. The molecule has 2 atom stereocenters. The normalized spacial score (nSPS) is 16.6. The molecule has 0 bridgehead atoms. The van der Waals surface area contributed by atoms with Crippen molar-refractivity contribution in [3.05, 3.63) is 137 Å². The maximum absolute atomic E-state index is 14.3. The summed E-state index contributed by atoms with van der Waals surface area (Å²) in [5, 5.41) is 3.64. The predicted octanol–water partition coefficient (Wildman–Crippen LogP) is 11.7. The molecule has 2 aliphatic rings. The lowest BCUT2D eigenvalue weighted by Gasteiger charge is -2.44. The minimum absolute atomic E-state index is 0.0192. The molecule has 0 saturated carbocycles. The predicted molar refractivity (Wildman–Crippen MR) is 280 cm³/mol. The second-order valence-electron chi connectivity index (χ2n) is 19.5. The van der Waals surface area contributed by atoms with Gasteiger partial charge in [0.25, 0.3) is 25.8 Å². The Kier molecular flexibility index (Phi) is 17.5. The van der Waals surface area contributed by atoms with Gasteiger partial charge in [-0.3, -0.25) is 9.69 Å². The van der Waals surface area contributed by atoms with Crippen LogP contribution in [-0.4, -0.2) is 99.2 Å². The zero-order valence-electron chi connectivity index (χ0n) is 40.5. The Balaban J connectivity index is 1.06. The fourth-order valence-electron chi connectivity index (χ4n) is 8.50. The third-order valence-electron chi connectivity index (χ3n) is 13.6. The summed E-state index contributed by atoms with van der Waals surface area (Å²) >= 11 is 7.71. The Morgan fingerprint density at radius 2 is 1.48 bits per heavy atom. The molecule has 1 amide bonds. The number of carbonyl (C=O) groups excluding carboxylic acids is 1. The van der Waals surface area contributed by atoms with Crippen molar-refractivity contribution >= 4 is 68.8 Å². The molecular weight excluding hydrogens is 1010 g/mol. The standard InChI is InChI=1S/C52H62ClF3N4O7S3Si/c1-51(2,3)71(4,5)67-49(46-14-10-9-13-45(46)37-15-19-40(53)20-16-37)38-25-29-60(30-26-38)42-21-17-39(18-22-42)50(61)58-70(64,65)44-23-24-47(48(35-44)69(62,63)52(54,55)56)57-41(27-28-59-31-33-66-34-32-59)36-68-43-11-7-6-8-12-43/h6-24,35,38,41,49,57H,25-34,36H2,1-5H3,(H,58,61)/t41-,49-/m1/s1. The van der Waals surface area contributed by atoms with Gasteiger partial charge in [0.15, 0.2) is 8.32 Å². The SMILES string of the molecule is CC(C)(C)[Si](C)(C)O[C@@H](c1ccccc1-c1ccc(Cl)cc1)C1CCN(c2ccc(C(=O)NS(=O)(=O)c3ccc(N[C@H](CCN4CCOCC4)CSc4ccccc4)c(S(=O)(=O)C(F)(F)F)c3)cc2)CC1. The molecule has 11 nitrogen and oxygen atoms in total. The van der Waals surface area contributed by atoms with Gasteiger partial charge in [0.05, 0.1) is 29.9 Å². The summed E-state index contributed by atoms with van der Waals surface area (Å²) in [6.07, 6.45) is 1.90. The molecular formula is C52H62ClF3N4O7S3Si. The maximum atomic E-state index is 14.3. The van der Waals surface area contributed by atoms with Crippen LogP contribution in [0, 0.1) is 5.92 Å². The quantitative estimate of drug-likeness (QED) is 0.0641. The molecule has 19 heteroatoms. The number of thioether (sulfide) groups is 1. The van der Waals surface area contributed by atoms with Crippen LogP contribution >= 0.6 is 23.4 Å². The summed E-state index contributed by atoms with van der Waals surface area (Å²) in [4.78, 5) is 16.7. The summed E-state index contributed by atoms with van der Waals surface area (Å²) in [7, 11) is -13.2. The summed E-state index contributed by atoms with van der Waals surface area (Å²) in [5.41, 5.74) is -2.07. The Morgan fingerprint density at radius 3 is 2.11 bits per heavy atom. The number of nitrogens with zero attached hydrogens (tertiary/aromatic N) is 2. The lowest BCUT2D eigenvalue weighted by molar-refractivity contribution is -0.0435. The van der Waals surface area contributed by atoms with E-state index in [0.29, 0.717) is 69.2 Å². The third kappa shape index (κ3) is 13.6. The van der Waals surface area contributed by atoms with Crippen molar-refractivity contribution in [3.8, 4) is 11.1 Å². The summed E-state index contributed by atoms with van der Waals surface area (Å²) in [6, 6.07) is 33.9. The highest BCUT2D eigenvalue weighted by molar-refractivity contribution is 7.99. The van der Waals surface area contributed by atoms with E-state index in [1.807, 2.05) is 65.4 Å². The van der Waals surface area contributed by atoms with Crippen LogP contribution in [0.25, 0.3) is 11.1 Å². The second-order valence-corrected chi connectivity index (χ2v) is 29.4. The van der Waals surface area contributed by atoms with Crippen LogP contribution < -0.4 is 14.9 Å². The maximum Gasteiger partial charge on any atom is 0.501 e. The van der Waals surface area contributed by atoms with Crippen molar-refractivity contribution in [2.45, 2.75) is 90.5 Å². The van der Waals surface area contributed by atoms with Crippen molar-refractivity contribution in [2.24, 2.45) is 5.92 Å². The summed E-state index contributed by atoms with van der Waals surface area (Å²) in [5.74, 6) is -0.481. The smallest absolute Gasteiger partial charge is 0.410 e. The van der Waals surface area contributed by atoms with Gasteiger partial charge >= 0.3 is 5.51 Å². The number of alkyl halides is 3. The van der Waals surface area contributed by atoms with Crippen molar-refractivity contribution in [3.63, 3.8) is 0 Å². The van der Waals surface area contributed by atoms with E-state index < -0.39 is 61.1 Å². The van der Waals surface area contributed by atoms with Crippen molar-refractivity contribution in [2.75, 3.05) is 61.9 Å². The molecule has 2 saturated heterocycles. The Bertz CT molecular complexity index is 2820. The van der Waals surface area contributed by atoms with Crippen molar-refractivity contribution in [1.82, 2.24) is 9.62 Å². The molecule has 7 rings (SSSR count). The molecule has 0 radical (unpaired) electrons. The number of ether oxygens (including phenoxy) is 1. The molecule has 71 heavy (non-hydrogen) atoms. The van der Waals surface area contributed by atoms with E-state index in [1.165, 1.54) is 23.9 Å². The molecule has 2 fully saturated rings. The van der Waals surface area contributed by atoms with Gasteiger partial charge in [-0.25, -0.2) is 21.6 Å². The van der Waals surface area contributed by atoms with Gasteiger partial charge in [0, 0.05) is 65.7 Å². The fourth-order valence-corrected chi connectivity index (χ4v) is 12.9. The van der Waals surface area contributed by atoms with Crippen LogP contribution in [0.2, 0.25) is 23.2 Å². The molecule has 382 valence electrons. The molecule has 5 aromatic rings. The zero-order valence-corrected chi connectivity index (χ0v) is 44.8. The van der Waals surface area contributed by atoms with Gasteiger partial charge in [-0.2, -0.15) is 13.2 Å². The molecule has 0 aliphatic carbocycles. The van der Waals surface area contributed by atoms with Crippen LogP contribution in [0.15, 0.2) is 136 Å². The Hall–Kier alpha value is -4.40. The van der Waals surface area contributed by atoms with E-state index in [0.717, 1.165) is 52.2 Å². The van der Waals surface area contributed by atoms with E-state index in [4.69, 9.17) is 20.8 Å². The first-order valence-electron chi connectivity index (χ1n) is 23.7. The number of anilines is 2. The minimum Gasteiger partial charge on any atom is -0.410 e. The highest BCUT2D eigenvalue weighted by Crippen LogP contribution is 2.46. The van der Waals surface area contributed by atoms with E-state index in [1.54, 1.807) is 12.1 Å². The van der Waals surface area contributed by atoms with E-state index in [9.17, 15) is 34.8 Å². The van der Waals surface area contributed by atoms with Crippen LogP contribution in [0.3, 0.4) is 0 Å². The number of morpholine rings is 1. The lowest BCUT2D eigenvalue weighted by Crippen LogP contribution is -2.45. The van der Waals surface area contributed by atoms with E-state index in [2.05, 4.69) is 67.2 Å². The average Bonchev–Trinajstić information content (AvgIpc) is 3.34. The Labute approximate surface area is 426 Å². The molecule has 2 aliphatic heterocycles. The first kappa shape index (κ1) is 54.4. The van der Waals surface area contributed by atoms with Gasteiger partial charge in [-0.15, -0.1) is 11.8 Å². The molecule has 0 aromatic heterocycles. The number of hydrogen-bond donors (Lipinski definition) is 2. The third-order valence-corrected chi connectivity index (χ3v) is 22.4. The van der Waals surface area contributed by atoms with E-state index >= 15 is 0 Å².